The van der Waals surface area contributed by atoms with Gasteiger partial charge in [0, 0.05) is 30.7 Å². The lowest BCUT2D eigenvalue weighted by Gasteiger charge is -2.35. The van der Waals surface area contributed by atoms with Crippen LogP contribution < -0.4 is 5.32 Å². The molecular formula is C14H28N2O. The molecule has 2 aliphatic rings. The van der Waals surface area contributed by atoms with Gasteiger partial charge < -0.3 is 15.0 Å². The number of hydrogen-bond donors (Lipinski definition) is 1. The van der Waals surface area contributed by atoms with E-state index in [4.69, 9.17) is 4.74 Å². The second-order valence-corrected chi connectivity index (χ2v) is 6.89. The lowest BCUT2D eigenvalue weighted by Crippen LogP contribution is -2.49. The van der Waals surface area contributed by atoms with E-state index < -0.39 is 0 Å². The molecule has 0 spiro atoms. The van der Waals surface area contributed by atoms with Crippen molar-refractivity contribution in [1.82, 2.24) is 10.2 Å². The Bertz CT molecular complexity index is 235. The van der Waals surface area contributed by atoms with E-state index in [9.17, 15) is 0 Å². The van der Waals surface area contributed by atoms with E-state index in [-0.39, 0.29) is 5.54 Å². The molecule has 3 heteroatoms. The molecule has 0 radical (unpaired) electrons. The van der Waals surface area contributed by atoms with Crippen LogP contribution in [-0.4, -0.2) is 49.8 Å². The lowest BCUT2D eigenvalue weighted by atomic mass is 9.85. The fraction of sp³-hybridized carbons (Fsp3) is 1.00. The Labute approximate surface area is 106 Å². The van der Waals surface area contributed by atoms with Gasteiger partial charge in [0.2, 0.25) is 0 Å². The molecule has 0 amide bonds. The van der Waals surface area contributed by atoms with Gasteiger partial charge in [0.1, 0.15) is 0 Å². The first-order chi connectivity index (χ1) is 7.99. The Kier molecular flexibility index (Phi) is 4.11. The monoisotopic (exact) mass is 240 g/mol. The van der Waals surface area contributed by atoms with E-state index in [1.165, 1.54) is 38.9 Å². The fourth-order valence-electron chi connectivity index (χ4n) is 2.84. The molecule has 2 heterocycles. The first-order valence-corrected chi connectivity index (χ1v) is 7.04. The highest BCUT2D eigenvalue weighted by molar-refractivity contribution is 4.91. The Morgan fingerprint density at radius 1 is 1.24 bits per heavy atom. The molecule has 0 aliphatic carbocycles. The van der Waals surface area contributed by atoms with Crippen LogP contribution in [-0.2, 0) is 4.74 Å². The average molecular weight is 240 g/mol. The van der Waals surface area contributed by atoms with Crippen LogP contribution in [0.15, 0.2) is 0 Å². The first-order valence-electron chi connectivity index (χ1n) is 7.04. The molecule has 2 aliphatic heterocycles. The van der Waals surface area contributed by atoms with Gasteiger partial charge in [0.05, 0.1) is 6.61 Å². The zero-order chi connectivity index (χ0) is 12.4. The molecule has 0 aromatic heterocycles. The zero-order valence-electron chi connectivity index (χ0n) is 11.7. The van der Waals surface area contributed by atoms with Gasteiger partial charge >= 0.3 is 0 Å². The van der Waals surface area contributed by atoms with Crippen molar-refractivity contribution < 1.29 is 4.74 Å². The number of nitrogens with zero attached hydrogens (tertiary/aromatic N) is 1. The van der Waals surface area contributed by atoms with Crippen LogP contribution in [0.25, 0.3) is 0 Å². The number of rotatable bonds is 4. The normalized spacial score (nSPS) is 31.2. The molecule has 100 valence electrons. The summed E-state index contributed by atoms with van der Waals surface area (Å²) in [4.78, 5) is 2.62. The largest absolute Gasteiger partial charge is 0.381 e. The quantitative estimate of drug-likeness (QED) is 0.812. The predicted molar refractivity (Wildman–Crippen MR) is 71.3 cm³/mol. The van der Waals surface area contributed by atoms with Gasteiger partial charge in [-0.2, -0.15) is 0 Å². The van der Waals surface area contributed by atoms with Crippen molar-refractivity contribution >= 4 is 0 Å². The molecule has 1 unspecified atom stereocenters. The van der Waals surface area contributed by atoms with Crippen LogP contribution in [0.2, 0.25) is 0 Å². The molecule has 0 bridgehead atoms. The van der Waals surface area contributed by atoms with Crippen molar-refractivity contribution in [2.24, 2.45) is 5.41 Å². The van der Waals surface area contributed by atoms with E-state index in [2.05, 4.69) is 31.0 Å². The highest BCUT2D eigenvalue weighted by atomic mass is 16.5. The van der Waals surface area contributed by atoms with Crippen molar-refractivity contribution in [1.29, 1.82) is 0 Å². The molecule has 0 aromatic carbocycles. The fourth-order valence-corrected chi connectivity index (χ4v) is 2.84. The van der Waals surface area contributed by atoms with Crippen LogP contribution in [0.1, 0.15) is 40.0 Å². The Hall–Kier alpha value is -0.120. The molecule has 17 heavy (non-hydrogen) atoms. The maximum Gasteiger partial charge on any atom is 0.0547 e. The second kappa shape index (κ2) is 5.25. The minimum absolute atomic E-state index is 0.209. The number of nitrogens with one attached hydrogen (secondary N) is 1. The average Bonchev–Trinajstić information content (AvgIpc) is 2.87. The van der Waals surface area contributed by atoms with Crippen molar-refractivity contribution in [3.8, 4) is 0 Å². The van der Waals surface area contributed by atoms with Crippen LogP contribution in [0.5, 0.6) is 0 Å². The third-order valence-corrected chi connectivity index (χ3v) is 3.94. The Balaban J connectivity index is 1.89. The van der Waals surface area contributed by atoms with Gasteiger partial charge in [-0.15, -0.1) is 0 Å². The summed E-state index contributed by atoms with van der Waals surface area (Å²) >= 11 is 0. The van der Waals surface area contributed by atoms with Gasteiger partial charge in [-0.1, -0.05) is 0 Å². The summed E-state index contributed by atoms with van der Waals surface area (Å²) in [5.41, 5.74) is 0.568. The summed E-state index contributed by atoms with van der Waals surface area (Å²) in [7, 11) is 0. The van der Waals surface area contributed by atoms with Gasteiger partial charge in [-0.05, 0) is 53.1 Å². The van der Waals surface area contributed by atoms with Crippen LogP contribution in [0.4, 0.5) is 0 Å². The highest BCUT2D eigenvalue weighted by Crippen LogP contribution is 2.30. The molecule has 0 aromatic rings. The van der Waals surface area contributed by atoms with Crippen LogP contribution >= 0.6 is 0 Å². The highest BCUT2D eigenvalue weighted by Gasteiger charge is 2.37. The molecule has 1 atom stereocenters. The van der Waals surface area contributed by atoms with Crippen LogP contribution in [0, 0.1) is 5.41 Å². The minimum Gasteiger partial charge on any atom is -0.381 e. The summed E-state index contributed by atoms with van der Waals surface area (Å²) in [6.07, 6.45) is 3.97. The lowest BCUT2D eigenvalue weighted by molar-refractivity contribution is 0.112. The number of likely N-dealkylation sites (tertiary alicyclic amines) is 1. The molecule has 2 rings (SSSR count). The van der Waals surface area contributed by atoms with Crippen molar-refractivity contribution in [3.63, 3.8) is 0 Å². The topological polar surface area (TPSA) is 24.5 Å². The summed E-state index contributed by atoms with van der Waals surface area (Å²) in [5.74, 6) is 0. The minimum atomic E-state index is 0.209. The molecule has 0 saturated carbocycles. The van der Waals surface area contributed by atoms with Crippen molar-refractivity contribution in [2.45, 2.75) is 45.6 Å². The molecule has 1 N–H and O–H groups in total. The van der Waals surface area contributed by atoms with Crippen molar-refractivity contribution in [2.75, 3.05) is 39.4 Å². The number of hydrogen-bond acceptors (Lipinski definition) is 3. The predicted octanol–water partition coefficient (Wildman–Crippen LogP) is 1.88. The van der Waals surface area contributed by atoms with Crippen molar-refractivity contribution in [3.05, 3.63) is 0 Å². The zero-order valence-corrected chi connectivity index (χ0v) is 11.7. The third-order valence-electron chi connectivity index (χ3n) is 3.94. The first kappa shape index (κ1) is 13.3. The van der Waals surface area contributed by atoms with E-state index >= 15 is 0 Å². The molecule has 3 nitrogen and oxygen atoms in total. The maximum absolute atomic E-state index is 5.67. The Morgan fingerprint density at radius 2 is 1.94 bits per heavy atom. The van der Waals surface area contributed by atoms with Gasteiger partial charge in [0.15, 0.2) is 0 Å². The maximum atomic E-state index is 5.67. The summed E-state index contributed by atoms with van der Waals surface area (Å²) in [6.45, 7) is 13.5. The van der Waals surface area contributed by atoms with E-state index in [0.717, 1.165) is 19.8 Å². The van der Waals surface area contributed by atoms with E-state index in [0.29, 0.717) is 5.41 Å². The Morgan fingerprint density at radius 3 is 2.47 bits per heavy atom. The van der Waals surface area contributed by atoms with Gasteiger partial charge in [0.25, 0.3) is 0 Å². The second-order valence-electron chi connectivity index (χ2n) is 6.89. The van der Waals surface area contributed by atoms with Gasteiger partial charge in [-0.3, -0.25) is 0 Å². The molecular weight excluding hydrogens is 212 g/mol. The summed E-state index contributed by atoms with van der Waals surface area (Å²) < 4.78 is 5.67. The van der Waals surface area contributed by atoms with E-state index in [1.807, 2.05) is 0 Å². The summed E-state index contributed by atoms with van der Waals surface area (Å²) in [6, 6.07) is 0. The SMILES string of the molecule is CC(C)(C)NCC1(CN2CCCC2)CCOC1. The van der Waals surface area contributed by atoms with Gasteiger partial charge in [-0.25, -0.2) is 0 Å². The molecule has 2 saturated heterocycles. The van der Waals surface area contributed by atoms with E-state index in [1.54, 1.807) is 0 Å². The molecule has 2 fully saturated rings. The third kappa shape index (κ3) is 3.94. The number of ether oxygens (including phenoxy) is 1. The van der Waals surface area contributed by atoms with Crippen LogP contribution in [0.3, 0.4) is 0 Å². The summed E-state index contributed by atoms with van der Waals surface area (Å²) in [5, 5.41) is 3.67. The smallest absolute Gasteiger partial charge is 0.0547 e. The standard InChI is InChI=1S/C14H28N2O/c1-13(2,3)15-10-14(6-9-17-12-14)11-16-7-4-5-8-16/h15H,4-12H2,1-3H3.